The fraction of sp³-hybridized carbons (Fsp3) is 0.417. The molecule has 1 atom stereocenters. The van der Waals surface area contributed by atoms with Gasteiger partial charge in [-0.05, 0) is 13.0 Å². The number of methoxy groups -OCH3 is 1. The summed E-state index contributed by atoms with van der Waals surface area (Å²) in [5.41, 5.74) is 0.645. The van der Waals surface area contributed by atoms with Gasteiger partial charge >= 0.3 is 0 Å². The first-order valence-electron chi connectivity index (χ1n) is 5.03. The summed E-state index contributed by atoms with van der Waals surface area (Å²) < 4.78 is 11.1. The molecule has 0 aliphatic heterocycles. The van der Waals surface area contributed by atoms with Crippen molar-refractivity contribution in [1.82, 2.24) is 0 Å². The SMILES string of the molecule is COCC(C)OCC(=O)c1ccccc1Br. The summed E-state index contributed by atoms with van der Waals surface area (Å²) in [6, 6.07) is 7.31. The Balaban J connectivity index is 2.50. The molecule has 0 heterocycles. The van der Waals surface area contributed by atoms with Crippen LogP contribution in [-0.2, 0) is 9.47 Å². The van der Waals surface area contributed by atoms with Gasteiger partial charge in [0.15, 0.2) is 5.78 Å². The van der Waals surface area contributed by atoms with E-state index in [-0.39, 0.29) is 18.5 Å². The second-order valence-corrected chi connectivity index (χ2v) is 4.33. The van der Waals surface area contributed by atoms with Crippen LogP contribution in [0.4, 0.5) is 0 Å². The third kappa shape index (κ3) is 4.04. The summed E-state index contributed by atoms with van der Waals surface area (Å²) in [7, 11) is 1.61. The lowest BCUT2D eigenvalue weighted by molar-refractivity contribution is 0.0125. The molecular formula is C12H15BrO3. The first kappa shape index (κ1) is 13.4. The topological polar surface area (TPSA) is 35.5 Å². The second kappa shape index (κ2) is 6.78. The second-order valence-electron chi connectivity index (χ2n) is 3.48. The highest BCUT2D eigenvalue weighted by Crippen LogP contribution is 2.16. The molecule has 0 aromatic heterocycles. The minimum absolute atomic E-state index is 0.0320. The normalized spacial score (nSPS) is 12.4. The fourth-order valence-corrected chi connectivity index (χ4v) is 1.77. The van der Waals surface area contributed by atoms with Crippen LogP contribution in [0.5, 0.6) is 0 Å². The van der Waals surface area contributed by atoms with E-state index in [1.54, 1.807) is 13.2 Å². The van der Waals surface area contributed by atoms with Gasteiger partial charge in [-0.15, -0.1) is 0 Å². The van der Waals surface area contributed by atoms with Crippen molar-refractivity contribution in [3.05, 3.63) is 34.3 Å². The molecule has 0 saturated carbocycles. The number of benzene rings is 1. The van der Waals surface area contributed by atoms with Crippen LogP contribution in [-0.4, -0.2) is 32.2 Å². The minimum atomic E-state index is -0.0727. The van der Waals surface area contributed by atoms with Gasteiger partial charge in [-0.3, -0.25) is 4.79 Å². The Morgan fingerprint density at radius 1 is 1.44 bits per heavy atom. The molecule has 1 aromatic rings. The molecule has 3 nitrogen and oxygen atoms in total. The smallest absolute Gasteiger partial charge is 0.189 e. The average Bonchev–Trinajstić information content (AvgIpc) is 2.27. The molecule has 0 fully saturated rings. The van der Waals surface area contributed by atoms with Crippen molar-refractivity contribution in [2.45, 2.75) is 13.0 Å². The summed E-state index contributed by atoms with van der Waals surface area (Å²) in [6.45, 7) is 2.44. The van der Waals surface area contributed by atoms with Gasteiger partial charge in [-0.1, -0.05) is 34.1 Å². The van der Waals surface area contributed by atoms with E-state index < -0.39 is 0 Å². The Labute approximate surface area is 104 Å². The Hall–Kier alpha value is -0.710. The molecule has 0 aliphatic carbocycles. The van der Waals surface area contributed by atoms with E-state index in [0.29, 0.717) is 12.2 Å². The van der Waals surface area contributed by atoms with E-state index in [0.717, 1.165) is 4.47 Å². The summed E-state index contributed by atoms with van der Waals surface area (Å²) >= 11 is 3.33. The summed E-state index contributed by atoms with van der Waals surface area (Å²) in [5.74, 6) is -0.0320. The monoisotopic (exact) mass is 286 g/mol. The molecule has 0 aliphatic rings. The number of rotatable bonds is 6. The van der Waals surface area contributed by atoms with Crippen LogP contribution in [0.25, 0.3) is 0 Å². The number of carbonyl (C=O) groups excluding carboxylic acids is 1. The van der Waals surface area contributed by atoms with Crippen molar-refractivity contribution in [3.63, 3.8) is 0 Å². The number of ether oxygens (including phenoxy) is 2. The summed E-state index contributed by atoms with van der Waals surface area (Å²) in [5, 5.41) is 0. The van der Waals surface area contributed by atoms with Crippen LogP contribution < -0.4 is 0 Å². The molecule has 0 radical (unpaired) electrons. The third-order valence-electron chi connectivity index (χ3n) is 2.07. The standard InChI is InChI=1S/C12H15BrO3/c1-9(7-15-2)16-8-12(14)10-5-3-4-6-11(10)13/h3-6,9H,7-8H2,1-2H3. The molecule has 0 spiro atoms. The number of halogens is 1. The van der Waals surface area contributed by atoms with E-state index in [1.165, 1.54) is 0 Å². The highest BCUT2D eigenvalue weighted by atomic mass is 79.9. The van der Waals surface area contributed by atoms with Crippen molar-refractivity contribution >= 4 is 21.7 Å². The molecule has 0 amide bonds. The van der Waals surface area contributed by atoms with Gasteiger partial charge in [0.05, 0.1) is 12.7 Å². The molecule has 4 heteroatoms. The van der Waals surface area contributed by atoms with Gasteiger partial charge in [-0.2, -0.15) is 0 Å². The first-order valence-corrected chi connectivity index (χ1v) is 5.82. The molecule has 88 valence electrons. The average molecular weight is 287 g/mol. The van der Waals surface area contributed by atoms with E-state index in [4.69, 9.17) is 9.47 Å². The maximum Gasteiger partial charge on any atom is 0.189 e. The molecule has 1 rings (SSSR count). The van der Waals surface area contributed by atoms with Crippen LogP contribution in [0.2, 0.25) is 0 Å². The molecular weight excluding hydrogens is 272 g/mol. The molecule has 0 N–H and O–H groups in total. The van der Waals surface area contributed by atoms with E-state index in [9.17, 15) is 4.79 Å². The van der Waals surface area contributed by atoms with Gasteiger partial charge in [0.25, 0.3) is 0 Å². The molecule has 1 unspecified atom stereocenters. The molecule has 16 heavy (non-hydrogen) atoms. The highest BCUT2D eigenvalue weighted by Gasteiger charge is 2.11. The highest BCUT2D eigenvalue weighted by molar-refractivity contribution is 9.10. The zero-order chi connectivity index (χ0) is 12.0. The summed E-state index contributed by atoms with van der Waals surface area (Å²) in [4.78, 5) is 11.8. The molecule has 1 aromatic carbocycles. The number of Topliss-reactive ketones (excluding diaryl/α,β-unsaturated/α-hetero) is 1. The largest absolute Gasteiger partial charge is 0.382 e. The lowest BCUT2D eigenvalue weighted by atomic mass is 10.1. The van der Waals surface area contributed by atoms with Gasteiger partial charge in [0.2, 0.25) is 0 Å². The van der Waals surface area contributed by atoms with Crippen molar-refractivity contribution in [3.8, 4) is 0 Å². The predicted molar refractivity (Wildman–Crippen MR) is 65.8 cm³/mol. The lowest BCUT2D eigenvalue weighted by Crippen LogP contribution is -2.20. The van der Waals surface area contributed by atoms with Gasteiger partial charge < -0.3 is 9.47 Å². The van der Waals surface area contributed by atoms with Crippen LogP contribution >= 0.6 is 15.9 Å². The maximum absolute atomic E-state index is 11.8. The van der Waals surface area contributed by atoms with E-state index in [2.05, 4.69) is 15.9 Å². The van der Waals surface area contributed by atoms with Gasteiger partial charge in [0.1, 0.15) is 6.61 Å². The minimum Gasteiger partial charge on any atom is -0.382 e. The zero-order valence-electron chi connectivity index (χ0n) is 9.40. The number of carbonyl (C=O) groups is 1. The van der Waals surface area contributed by atoms with Crippen molar-refractivity contribution < 1.29 is 14.3 Å². The number of hydrogen-bond donors (Lipinski definition) is 0. The van der Waals surface area contributed by atoms with Crippen molar-refractivity contribution in [2.75, 3.05) is 20.3 Å². The Kier molecular flexibility index (Phi) is 5.66. The molecule has 0 bridgehead atoms. The Bertz CT molecular complexity index is 352. The number of ketones is 1. The van der Waals surface area contributed by atoms with Crippen LogP contribution in [0.15, 0.2) is 28.7 Å². The van der Waals surface area contributed by atoms with Crippen LogP contribution in [0.1, 0.15) is 17.3 Å². The Morgan fingerprint density at radius 3 is 2.75 bits per heavy atom. The first-order chi connectivity index (χ1) is 7.65. The Morgan fingerprint density at radius 2 is 2.12 bits per heavy atom. The third-order valence-corrected chi connectivity index (χ3v) is 2.77. The maximum atomic E-state index is 11.8. The van der Waals surface area contributed by atoms with E-state index >= 15 is 0 Å². The van der Waals surface area contributed by atoms with Crippen molar-refractivity contribution in [2.24, 2.45) is 0 Å². The van der Waals surface area contributed by atoms with Crippen LogP contribution in [0.3, 0.4) is 0 Å². The van der Waals surface area contributed by atoms with Crippen LogP contribution in [0, 0.1) is 0 Å². The molecule has 0 saturated heterocycles. The lowest BCUT2D eigenvalue weighted by Gasteiger charge is -2.11. The summed E-state index contributed by atoms with van der Waals surface area (Å²) in [6.07, 6.45) is -0.0727. The number of hydrogen-bond acceptors (Lipinski definition) is 3. The van der Waals surface area contributed by atoms with E-state index in [1.807, 2.05) is 25.1 Å². The van der Waals surface area contributed by atoms with Gasteiger partial charge in [0, 0.05) is 17.1 Å². The zero-order valence-corrected chi connectivity index (χ0v) is 11.0. The van der Waals surface area contributed by atoms with Gasteiger partial charge in [-0.25, -0.2) is 0 Å². The predicted octanol–water partition coefficient (Wildman–Crippen LogP) is 2.68. The van der Waals surface area contributed by atoms with Crippen molar-refractivity contribution in [1.29, 1.82) is 0 Å². The quantitative estimate of drug-likeness (QED) is 0.755. The fourth-order valence-electron chi connectivity index (χ4n) is 1.27.